The molecule has 0 aliphatic heterocycles. The Morgan fingerprint density at radius 1 is 1.13 bits per heavy atom. The summed E-state index contributed by atoms with van der Waals surface area (Å²) in [6, 6.07) is 7.39. The predicted octanol–water partition coefficient (Wildman–Crippen LogP) is 0.509. The van der Waals surface area contributed by atoms with Crippen LogP contribution in [0.2, 0.25) is 5.02 Å². The van der Waals surface area contributed by atoms with Crippen molar-refractivity contribution in [2.24, 2.45) is 11.5 Å². The van der Waals surface area contributed by atoms with Crippen molar-refractivity contribution in [3.63, 3.8) is 0 Å². The highest BCUT2D eigenvalue weighted by Crippen LogP contribution is 2.28. The zero-order valence-electron chi connectivity index (χ0n) is 19.5. The summed E-state index contributed by atoms with van der Waals surface area (Å²) in [7, 11) is -4.31. The molecule has 1 aromatic carbocycles. The molecule has 0 saturated carbocycles. The Morgan fingerprint density at radius 2 is 1.74 bits per heavy atom. The highest BCUT2D eigenvalue weighted by Gasteiger charge is 2.44. The maximum atomic E-state index is 13.0. The monoisotopic (exact) mass is 582 g/mol. The van der Waals surface area contributed by atoms with E-state index in [-0.39, 0.29) is 10.3 Å². The molecular formula is C20H22ClF3N6O7S. The second-order valence-corrected chi connectivity index (χ2v) is 10.1. The maximum absolute atomic E-state index is 13.0. The van der Waals surface area contributed by atoms with Gasteiger partial charge in [-0.1, -0.05) is 23.7 Å². The lowest BCUT2D eigenvalue weighted by molar-refractivity contribution is -0.200. The molecule has 2 aromatic rings. The number of nitrogens with zero attached hydrogens (tertiary/aromatic N) is 1. The lowest BCUT2D eigenvalue weighted by Gasteiger charge is -2.28. The van der Waals surface area contributed by atoms with E-state index in [0.29, 0.717) is 5.02 Å². The van der Waals surface area contributed by atoms with E-state index in [1.807, 2.05) is 10.2 Å². The number of amides is 1. The van der Waals surface area contributed by atoms with Crippen LogP contribution in [0.4, 0.5) is 18.9 Å². The van der Waals surface area contributed by atoms with E-state index in [4.69, 9.17) is 33.3 Å². The first-order valence-corrected chi connectivity index (χ1v) is 12.3. The molecule has 208 valence electrons. The molecule has 38 heavy (non-hydrogen) atoms. The van der Waals surface area contributed by atoms with Crippen LogP contribution >= 0.6 is 11.6 Å². The van der Waals surface area contributed by atoms with Gasteiger partial charge in [0, 0.05) is 5.02 Å². The highest BCUT2D eigenvalue weighted by atomic mass is 35.5. The van der Waals surface area contributed by atoms with Gasteiger partial charge in [0.05, 0.1) is 23.5 Å². The number of hydrogen-bond donors (Lipinski definition) is 5. The standard InChI is InChI=1S/C20H22ClF3N6O7S/c1-19(16(25)32,8-9-36-28-18(26)27)14-7-6-13(15(31)30(14)37-17(33)20(22,23)24)29-38(34,35)10-11-2-4-12(21)5-3-11/h2-7,29H,8-10H2,1H3,(H2,25,32)(H4,26,27,28). The van der Waals surface area contributed by atoms with Crippen molar-refractivity contribution in [3.05, 3.63) is 63.0 Å². The van der Waals surface area contributed by atoms with Gasteiger partial charge >= 0.3 is 17.7 Å². The molecule has 0 saturated heterocycles. The fraction of sp³-hybridized carbons (Fsp3) is 0.300. The minimum atomic E-state index is -5.56. The Kier molecular flexibility index (Phi) is 9.36. The van der Waals surface area contributed by atoms with Crippen molar-refractivity contribution in [1.29, 1.82) is 5.41 Å². The molecule has 0 bridgehead atoms. The van der Waals surface area contributed by atoms with Gasteiger partial charge in [-0.15, -0.1) is 4.73 Å². The molecule has 0 fully saturated rings. The first-order valence-electron chi connectivity index (χ1n) is 10.3. The van der Waals surface area contributed by atoms with E-state index in [0.717, 1.165) is 19.1 Å². The molecule has 1 unspecified atom stereocenters. The van der Waals surface area contributed by atoms with Crippen molar-refractivity contribution in [1.82, 2.24) is 10.2 Å². The van der Waals surface area contributed by atoms with Crippen molar-refractivity contribution in [2.75, 3.05) is 11.3 Å². The topological polar surface area (TPSA) is 209 Å². The van der Waals surface area contributed by atoms with Gasteiger partial charge in [-0.25, -0.2) is 18.7 Å². The Morgan fingerprint density at radius 3 is 2.26 bits per heavy atom. The lowest BCUT2D eigenvalue weighted by atomic mass is 9.82. The number of halogens is 4. The average Bonchev–Trinajstić information content (AvgIpc) is 2.79. The number of pyridine rings is 1. The number of anilines is 1. The van der Waals surface area contributed by atoms with Crippen molar-refractivity contribution in [2.45, 2.75) is 30.7 Å². The quantitative estimate of drug-likeness (QED) is 0.108. The van der Waals surface area contributed by atoms with Gasteiger partial charge < -0.3 is 16.3 Å². The fourth-order valence-electron chi connectivity index (χ4n) is 3.00. The van der Waals surface area contributed by atoms with E-state index < -0.39 is 75.2 Å². The van der Waals surface area contributed by atoms with Crippen LogP contribution in [-0.4, -0.2) is 43.8 Å². The van der Waals surface area contributed by atoms with Crippen LogP contribution in [0.1, 0.15) is 24.6 Å². The zero-order chi connectivity index (χ0) is 28.9. The predicted molar refractivity (Wildman–Crippen MR) is 128 cm³/mol. The van der Waals surface area contributed by atoms with Crippen LogP contribution in [0, 0.1) is 5.41 Å². The molecular weight excluding hydrogens is 561 g/mol. The van der Waals surface area contributed by atoms with E-state index in [9.17, 15) is 36.0 Å². The number of rotatable bonds is 11. The first-order chi connectivity index (χ1) is 17.5. The number of nitrogens with one attached hydrogen (secondary N) is 3. The van der Waals surface area contributed by atoms with Crippen LogP contribution in [0.3, 0.4) is 0 Å². The van der Waals surface area contributed by atoms with Gasteiger partial charge in [0.25, 0.3) is 0 Å². The van der Waals surface area contributed by atoms with E-state index in [2.05, 4.69) is 4.84 Å². The summed E-state index contributed by atoms with van der Waals surface area (Å²) in [5.41, 5.74) is 7.77. The minimum Gasteiger partial charge on any atom is -0.369 e. The number of carbonyl (C=O) groups is 2. The molecule has 18 heteroatoms. The van der Waals surface area contributed by atoms with Crippen molar-refractivity contribution in [3.8, 4) is 0 Å². The number of primary amides is 1. The van der Waals surface area contributed by atoms with Gasteiger partial charge in [0.1, 0.15) is 5.69 Å². The molecule has 7 N–H and O–H groups in total. The Balaban J connectivity index is 2.54. The minimum absolute atomic E-state index is 0.168. The largest absolute Gasteiger partial charge is 0.493 e. The number of sulfonamides is 1. The van der Waals surface area contributed by atoms with Crippen LogP contribution in [-0.2, 0) is 35.6 Å². The smallest absolute Gasteiger partial charge is 0.369 e. The third-order valence-electron chi connectivity index (χ3n) is 4.98. The molecule has 1 atom stereocenters. The van der Waals surface area contributed by atoms with E-state index in [1.165, 1.54) is 24.3 Å². The number of aromatic nitrogens is 1. The van der Waals surface area contributed by atoms with Gasteiger partial charge in [0.2, 0.25) is 21.9 Å². The molecule has 1 amide bonds. The van der Waals surface area contributed by atoms with Crippen molar-refractivity contribution >= 4 is 45.1 Å². The Bertz CT molecular complexity index is 1380. The van der Waals surface area contributed by atoms with E-state index in [1.54, 1.807) is 0 Å². The molecule has 1 aromatic heterocycles. The zero-order valence-corrected chi connectivity index (χ0v) is 21.0. The molecule has 0 aliphatic carbocycles. The third kappa shape index (κ3) is 7.83. The molecule has 1 heterocycles. The van der Waals surface area contributed by atoms with E-state index >= 15 is 0 Å². The number of benzene rings is 1. The highest BCUT2D eigenvalue weighted by molar-refractivity contribution is 7.91. The second kappa shape index (κ2) is 11.7. The third-order valence-corrected chi connectivity index (χ3v) is 6.47. The summed E-state index contributed by atoms with van der Waals surface area (Å²) in [4.78, 5) is 46.0. The summed E-state index contributed by atoms with van der Waals surface area (Å²) < 4.78 is 65.9. The Hall–Kier alpha value is -3.83. The number of alkyl halides is 3. The van der Waals surface area contributed by atoms with Gasteiger partial charge in [0.15, 0.2) is 0 Å². The number of nitrogens with two attached hydrogens (primary N) is 2. The van der Waals surface area contributed by atoms with Crippen LogP contribution < -0.4 is 32.1 Å². The number of hydrogen-bond acceptors (Lipinski definition) is 8. The normalized spacial score (nSPS) is 13.3. The van der Waals surface area contributed by atoms with Crippen LogP contribution in [0.15, 0.2) is 41.2 Å². The van der Waals surface area contributed by atoms with Gasteiger partial charge in [-0.3, -0.25) is 24.6 Å². The molecule has 0 radical (unpaired) electrons. The summed E-state index contributed by atoms with van der Waals surface area (Å²) in [5.74, 6) is -5.25. The molecule has 0 aliphatic rings. The van der Waals surface area contributed by atoms with Crippen LogP contribution in [0.25, 0.3) is 0 Å². The molecule has 0 spiro atoms. The number of carbonyl (C=O) groups excluding carboxylic acids is 2. The van der Waals surface area contributed by atoms with Crippen molar-refractivity contribution < 1.29 is 40.9 Å². The fourth-order valence-corrected chi connectivity index (χ4v) is 4.32. The van der Waals surface area contributed by atoms with Crippen LogP contribution in [0.5, 0.6) is 0 Å². The maximum Gasteiger partial charge on any atom is 0.493 e. The first kappa shape index (κ1) is 30.4. The van der Waals surface area contributed by atoms with Gasteiger partial charge in [-0.2, -0.15) is 13.2 Å². The summed E-state index contributed by atoms with van der Waals surface area (Å²) in [6.45, 7) is 0.708. The second-order valence-electron chi connectivity index (χ2n) is 7.91. The number of hydroxylamine groups is 1. The average molecular weight is 583 g/mol. The molecule has 2 rings (SSSR count). The summed E-state index contributed by atoms with van der Waals surface area (Å²) in [6.07, 6.45) is -5.97. The summed E-state index contributed by atoms with van der Waals surface area (Å²) >= 11 is 5.76. The Labute approximate surface area is 218 Å². The lowest BCUT2D eigenvalue weighted by Crippen LogP contribution is -2.48. The summed E-state index contributed by atoms with van der Waals surface area (Å²) in [5, 5.41) is 7.37. The molecule has 13 nitrogen and oxygen atoms in total. The SMILES string of the molecule is CC(CCONC(=N)N)(C(N)=O)c1ccc(NS(=O)(=O)Cc2ccc(Cl)cc2)c(=O)n1OC(=O)C(F)(F)F. The number of guanidine groups is 1. The van der Waals surface area contributed by atoms with Gasteiger partial charge in [-0.05, 0) is 43.2 Å².